The first-order valence-corrected chi connectivity index (χ1v) is 4.79. The van der Waals surface area contributed by atoms with Gasteiger partial charge in [-0.3, -0.25) is 0 Å². The number of phenolic OH excluding ortho intramolecular Hbond substituents is 1. The highest BCUT2D eigenvalue weighted by Crippen LogP contribution is 2.32. The summed E-state index contributed by atoms with van der Waals surface area (Å²) < 4.78 is 13.2. The van der Waals surface area contributed by atoms with E-state index < -0.39 is 5.82 Å². The number of hydrogen-bond donors (Lipinski definition) is 2. The molecule has 0 radical (unpaired) electrons. The lowest BCUT2D eigenvalue weighted by molar-refractivity contribution is 0.453. The minimum absolute atomic E-state index is 0.0238. The summed E-state index contributed by atoms with van der Waals surface area (Å²) in [5, 5.41) is 9.53. The van der Waals surface area contributed by atoms with Gasteiger partial charge in [-0.2, -0.15) is 0 Å². The summed E-state index contributed by atoms with van der Waals surface area (Å²) in [4.78, 5) is 0. The summed E-state index contributed by atoms with van der Waals surface area (Å²) in [6.45, 7) is 1.88. The summed E-state index contributed by atoms with van der Waals surface area (Å²) in [6.07, 6.45) is 0.656. The molecule has 0 aromatic heterocycles. The number of phenols is 1. The molecular weight excluding hydrogens is 237 g/mol. The molecule has 0 aliphatic heterocycles. The molecule has 1 aromatic rings. The van der Waals surface area contributed by atoms with Crippen LogP contribution >= 0.6 is 15.9 Å². The second-order valence-corrected chi connectivity index (χ2v) is 3.69. The topological polar surface area (TPSA) is 46.2 Å². The van der Waals surface area contributed by atoms with Crippen molar-refractivity contribution in [2.45, 2.75) is 19.4 Å². The smallest absolute Gasteiger partial charge is 0.134 e. The molecule has 72 valence electrons. The molecule has 0 amide bonds. The third-order valence-corrected chi connectivity index (χ3v) is 2.50. The van der Waals surface area contributed by atoms with Crippen molar-refractivity contribution in [1.82, 2.24) is 0 Å². The molecule has 4 heteroatoms. The maximum atomic E-state index is 12.9. The molecule has 0 aliphatic carbocycles. The van der Waals surface area contributed by atoms with E-state index in [1.54, 1.807) is 0 Å². The Balaban J connectivity index is 3.20. The van der Waals surface area contributed by atoms with Crippen LogP contribution in [0.25, 0.3) is 0 Å². The zero-order chi connectivity index (χ0) is 10.0. The van der Waals surface area contributed by atoms with E-state index in [1.807, 2.05) is 6.92 Å². The Morgan fingerprint density at radius 3 is 2.77 bits per heavy atom. The quantitative estimate of drug-likeness (QED) is 0.845. The Kier molecular flexibility index (Phi) is 3.27. The maximum Gasteiger partial charge on any atom is 0.134 e. The van der Waals surface area contributed by atoms with Crippen LogP contribution in [0.5, 0.6) is 5.75 Å². The molecule has 2 nitrogen and oxygen atoms in total. The van der Waals surface area contributed by atoms with Crippen molar-refractivity contribution in [3.05, 3.63) is 28.0 Å². The van der Waals surface area contributed by atoms with Crippen molar-refractivity contribution in [1.29, 1.82) is 0 Å². The van der Waals surface area contributed by atoms with Crippen LogP contribution in [0.4, 0.5) is 4.39 Å². The number of benzene rings is 1. The molecular formula is C9H11BrFNO. The van der Waals surface area contributed by atoms with E-state index in [4.69, 9.17) is 5.73 Å². The van der Waals surface area contributed by atoms with Crippen molar-refractivity contribution in [3.63, 3.8) is 0 Å². The van der Waals surface area contributed by atoms with Gasteiger partial charge in [0.25, 0.3) is 0 Å². The highest BCUT2D eigenvalue weighted by atomic mass is 79.9. The first-order valence-electron chi connectivity index (χ1n) is 3.99. The first-order chi connectivity index (χ1) is 6.06. The molecule has 1 rings (SSSR count). The highest BCUT2D eigenvalue weighted by Gasteiger charge is 2.13. The Morgan fingerprint density at radius 1 is 1.62 bits per heavy atom. The Labute approximate surface area is 84.7 Å². The molecule has 1 atom stereocenters. The summed E-state index contributed by atoms with van der Waals surface area (Å²) in [6, 6.07) is 2.14. The van der Waals surface area contributed by atoms with Gasteiger partial charge in [-0.05, 0) is 34.5 Å². The zero-order valence-electron chi connectivity index (χ0n) is 7.22. The molecule has 3 N–H and O–H groups in total. The molecule has 1 unspecified atom stereocenters. The van der Waals surface area contributed by atoms with E-state index in [0.29, 0.717) is 16.5 Å². The van der Waals surface area contributed by atoms with Crippen LogP contribution in [0.15, 0.2) is 16.6 Å². The van der Waals surface area contributed by atoms with Crippen molar-refractivity contribution in [2.24, 2.45) is 5.73 Å². The number of hydrogen-bond acceptors (Lipinski definition) is 2. The van der Waals surface area contributed by atoms with Crippen molar-refractivity contribution in [3.8, 4) is 5.75 Å². The molecule has 0 spiro atoms. The summed E-state index contributed by atoms with van der Waals surface area (Å²) in [5.41, 5.74) is 6.12. The van der Waals surface area contributed by atoms with Gasteiger partial charge in [-0.1, -0.05) is 6.92 Å². The Hall–Kier alpha value is -0.610. The average molecular weight is 248 g/mol. The lowest BCUT2D eigenvalue weighted by Gasteiger charge is -2.12. The fourth-order valence-corrected chi connectivity index (χ4v) is 1.54. The molecule has 0 aliphatic rings. The first kappa shape index (κ1) is 10.5. The van der Waals surface area contributed by atoms with E-state index in [1.165, 1.54) is 12.1 Å². The van der Waals surface area contributed by atoms with Crippen LogP contribution in [0.3, 0.4) is 0 Å². The summed E-state index contributed by atoms with van der Waals surface area (Å²) in [5.74, 6) is -0.376. The number of halogens is 2. The summed E-state index contributed by atoms with van der Waals surface area (Å²) in [7, 11) is 0. The standard InChI is InChI=1S/C9H11BrFNO/c1-2-8(12)6-3-5(11)4-7(10)9(6)13/h3-4,8,13H,2,12H2,1H3. The number of rotatable bonds is 2. The monoisotopic (exact) mass is 247 g/mol. The van der Waals surface area contributed by atoms with Crippen molar-refractivity contribution < 1.29 is 9.50 Å². The third kappa shape index (κ3) is 2.19. The van der Waals surface area contributed by atoms with E-state index in [2.05, 4.69) is 15.9 Å². The number of aromatic hydroxyl groups is 1. The minimum atomic E-state index is -0.399. The van der Waals surface area contributed by atoms with E-state index in [0.717, 1.165) is 0 Å². The normalized spacial score (nSPS) is 12.9. The molecule has 1 aromatic carbocycles. The van der Waals surface area contributed by atoms with Crippen molar-refractivity contribution in [2.75, 3.05) is 0 Å². The SMILES string of the molecule is CCC(N)c1cc(F)cc(Br)c1O. The van der Waals surface area contributed by atoms with Gasteiger partial charge < -0.3 is 10.8 Å². The van der Waals surface area contributed by atoms with Crippen LogP contribution < -0.4 is 5.73 Å². The van der Waals surface area contributed by atoms with Gasteiger partial charge in [0.05, 0.1) is 4.47 Å². The third-order valence-electron chi connectivity index (χ3n) is 1.90. The predicted octanol–water partition coefficient (Wildman–Crippen LogP) is 2.70. The van der Waals surface area contributed by atoms with E-state index >= 15 is 0 Å². The Morgan fingerprint density at radius 2 is 2.23 bits per heavy atom. The lowest BCUT2D eigenvalue weighted by atomic mass is 10.0. The maximum absolute atomic E-state index is 12.9. The Bertz CT molecular complexity index is 317. The van der Waals surface area contributed by atoms with Crippen molar-refractivity contribution >= 4 is 15.9 Å². The van der Waals surface area contributed by atoms with Gasteiger partial charge in [-0.25, -0.2) is 4.39 Å². The molecule has 0 saturated carbocycles. The van der Waals surface area contributed by atoms with Gasteiger partial charge in [0.2, 0.25) is 0 Å². The fourth-order valence-electron chi connectivity index (χ4n) is 1.09. The summed E-state index contributed by atoms with van der Waals surface area (Å²) >= 11 is 3.05. The van der Waals surface area contributed by atoms with Gasteiger partial charge in [-0.15, -0.1) is 0 Å². The second-order valence-electron chi connectivity index (χ2n) is 2.84. The van der Waals surface area contributed by atoms with Gasteiger partial charge >= 0.3 is 0 Å². The lowest BCUT2D eigenvalue weighted by Crippen LogP contribution is -2.09. The van der Waals surface area contributed by atoms with Crippen LogP contribution in [-0.4, -0.2) is 5.11 Å². The molecule has 0 saturated heterocycles. The van der Waals surface area contributed by atoms with Gasteiger partial charge in [0, 0.05) is 11.6 Å². The second kappa shape index (κ2) is 4.07. The van der Waals surface area contributed by atoms with E-state index in [-0.39, 0.29) is 11.8 Å². The average Bonchev–Trinajstić information content (AvgIpc) is 2.10. The molecule has 0 heterocycles. The highest BCUT2D eigenvalue weighted by molar-refractivity contribution is 9.10. The van der Waals surface area contributed by atoms with Crippen LogP contribution in [0.1, 0.15) is 24.9 Å². The van der Waals surface area contributed by atoms with Crippen LogP contribution in [-0.2, 0) is 0 Å². The minimum Gasteiger partial charge on any atom is -0.506 e. The van der Waals surface area contributed by atoms with Crippen LogP contribution in [0.2, 0.25) is 0 Å². The largest absolute Gasteiger partial charge is 0.506 e. The molecule has 0 bridgehead atoms. The van der Waals surface area contributed by atoms with Crippen LogP contribution in [0, 0.1) is 5.82 Å². The molecule has 0 fully saturated rings. The molecule has 13 heavy (non-hydrogen) atoms. The van der Waals surface area contributed by atoms with Gasteiger partial charge in [0.15, 0.2) is 0 Å². The number of nitrogens with two attached hydrogens (primary N) is 1. The predicted molar refractivity (Wildman–Crippen MR) is 53.0 cm³/mol. The van der Waals surface area contributed by atoms with E-state index in [9.17, 15) is 9.50 Å². The van der Waals surface area contributed by atoms with Gasteiger partial charge in [0.1, 0.15) is 11.6 Å². The zero-order valence-corrected chi connectivity index (χ0v) is 8.81. The fraction of sp³-hybridized carbons (Fsp3) is 0.333.